The molecule has 0 amide bonds. The summed E-state index contributed by atoms with van der Waals surface area (Å²) in [5.41, 5.74) is 0.518. The molecule has 2 aromatic carbocycles. The third-order valence-electron chi connectivity index (χ3n) is 2.92. The van der Waals surface area contributed by atoms with Crippen molar-refractivity contribution in [2.75, 3.05) is 6.26 Å². The second kappa shape index (κ2) is 6.17. The lowest BCUT2D eigenvalue weighted by Crippen LogP contribution is -1.96. The second-order valence-electron chi connectivity index (χ2n) is 4.71. The fourth-order valence-electron chi connectivity index (χ4n) is 1.74. The van der Waals surface area contributed by atoms with Crippen molar-refractivity contribution >= 4 is 21.6 Å². The first-order chi connectivity index (χ1) is 9.77. The minimum atomic E-state index is -3.23. The van der Waals surface area contributed by atoms with Gasteiger partial charge in [0.25, 0.3) is 0 Å². The highest BCUT2D eigenvalue weighted by atomic mass is 32.2. The molecule has 0 aliphatic heterocycles. The van der Waals surface area contributed by atoms with Gasteiger partial charge in [0.15, 0.2) is 9.84 Å². The number of sulfone groups is 1. The van der Waals surface area contributed by atoms with E-state index in [2.05, 4.69) is 0 Å². The van der Waals surface area contributed by atoms with Crippen molar-refractivity contribution in [1.29, 1.82) is 0 Å². The summed E-state index contributed by atoms with van der Waals surface area (Å²) in [6.45, 7) is 1.57. The van der Waals surface area contributed by atoms with Crippen LogP contribution in [0.3, 0.4) is 0 Å². The van der Waals surface area contributed by atoms with Crippen LogP contribution in [0.4, 0.5) is 4.39 Å². The molecule has 1 atom stereocenters. The van der Waals surface area contributed by atoms with E-state index in [1.165, 1.54) is 30.0 Å². The molecule has 0 spiro atoms. The van der Waals surface area contributed by atoms with Crippen molar-refractivity contribution in [2.45, 2.75) is 27.7 Å². The highest BCUT2D eigenvalue weighted by molar-refractivity contribution is 7.99. The van der Waals surface area contributed by atoms with Crippen molar-refractivity contribution < 1.29 is 17.9 Å². The van der Waals surface area contributed by atoms with Gasteiger partial charge in [-0.15, -0.1) is 0 Å². The summed E-state index contributed by atoms with van der Waals surface area (Å²) < 4.78 is 36.7. The minimum Gasteiger partial charge on any atom is -0.389 e. The van der Waals surface area contributed by atoms with E-state index in [0.717, 1.165) is 11.2 Å². The highest BCUT2D eigenvalue weighted by Gasteiger charge is 2.10. The zero-order valence-corrected chi connectivity index (χ0v) is 13.2. The Morgan fingerprint density at radius 1 is 1.14 bits per heavy atom. The fraction of sp³-hybridized carbons (Fsp3) is 0.200. The molecule has 0 aromatic heterocycles. The van der Waals surface area contributed by atoms with Gasteiger partial charge in [0.2, 0.25) is 0 Å². The van der Waals surface area contributed by atoms with E-state index < -0.39 is 21.8 Å². The van der Waals surface area contributed by atoms with Crippen molar-refractivity contribution in [3.8, 4) is 0 Å². The van der Waals surface area contributed by atoms with Gasteiger partial charge < -0.3 is 5.11 Å². The van der Waals surface area contributed by atoms with Gasteiger partial charge in [-0.05, 0) is 48.9 Å². The molecule has 112 valence electrons. The lowest BCUT2D eigenvalue weighted by Gasteiger charge is -2.08. The van der Waals surface area contributed by atoms with Gasteiger partial charge in [-0.2, -0.15) is 0 Å². The Balaban J connectivity index is 2.22. The Kier molecular flexibility index (Phi) is 4.70. The molecule has 2 aromatic rings. The van der Waals surface area contributed by atoms with Crippen LogP contribution in [-0.2, 0) is 9.84 Å². The molecule has 0 radical (unpaired) electrons. The number of aliphatic hydroxyl groups is 1. The zero-order chi connectivity index (χ0) is 15.6. The molecule has 0 bridgehead atoms. The fourth-order valence-corrected chi connectivity index (χ4v) is 3.19. The third kappa shape index (κ3) is 4.06. The first-order valence-corrected chi connectivity index (χ1v) is 8.93. The Bertz CT molecular complexity index is 738. The van der Waals surface area contributed by atoms with E-state index >= 15 is 0 Å². The van der Waals surface area contributed by atoms with Gasteiger partial charge in [0, 0.05) is 16.0 Å². The second-order valence-corrected chi connectivity index (χ2v) is 7.84. The van der Waals surface area contributed by atoms with E-state index in [9.17, 15) is 17.9 Å². The average molecular weight is 326 g/mol. The Labute approximate surface area is 127 Å². The molecular formula is C15H15FO3S2. The van der Waals surface area contributed by atoms with Gasteiger partial charge in [-0.3, -0.25) is 0 Å². The lowest BCUT2D eigenvalue weighted by molar-refractivity contribution is 0.198. The monoisotopic (exact) mass is 326 g/mol. The van der Waals surface area contributed by atoms with E-state index in [1.54, 1.807) is 31.2 Å². The summed E-state index contributed by atoms with van der Waals surface area (Å²) in [6, 6.07) is 10.9. The Morgan fingerprint density at radius 3 is 2.24 bits per heavy atom. The van der Waals surface area contributed by atoms with E-state index in [-0.39, 0.29) is 4.90 Å². The number of benzene rings is 2. The number of aliphatic hydroxyl groups excluding tert-OH is 1. The van der Waals surface area contributed by atoms with Crippen LogP contribution in [0.5, 0.6) is 0 Å². The van der Waals surface area contributed by atoms with E-state index in [1.807, 2.05) is 0 Å². The van der Waals surface area contributed by atoms with Crippen LogP contribution in [0.2, 0.25) is 0 Å². The van der Waals surface area contributed by atoms with E-state index in [4.69, 9.17) is 0 Å². The maximum Gasteiger partial charge on any atom is 0.175 e. The van der Waals surface area contributed by atoms with Crippen LogP contribution >= 0.6 is 11.8 Å². The van der Waals surface area contributed by atoms with Crippen LogP contribution in [0.25, 0.3) is 0 Å². The third-order valence-corrected chi connectivity index (χ3v) is 5.11. The SMILES string of the molecule is C[C@H](O)c1ccc(Sc2ccc(S(C)(=O)=O)cc2)c(F)c1. The number of hydrogen-bond acceptors (Lipinski definition) is 4. The first-order valence-electron chi connectivity index (χ1n) is 6.23. The van der Waals surface area contributed by atoms with Gasteiger partial charge in [-0.1, -0.05) is 17.8 Å². The van der Waals surface area contributed by atoms with Crippen LogP contribution < -0.4 is 0 Å². The van der Waals surface area contributed by atoms with Crippen molar-refractivity contribution in [3.05, 3.63) is 53.8 Å². The summed E-state index contributed by atoms with van der Waals surface area (Å²) >= 11 is 1.20. The van der Waals surface area contributed by atoms with Gasteiger partial charge in [-0.25, -0.2) is 12.8 Å². The van der Waals surface area contributed by atoms with Gasteiger partial charge in [0.05, 0.1) is 11.0 Å². The van der Waals surface area contributed by atoms with Gasteiger partial charge in [0.1, 0.15) is 5.82 Å². The first kappa shape index (κ1) is 16.0. The van der Waals surface area contributed by atoms with Crippen LogP contribution in [0, 0.1) is 5.82 Å². The molecule has 0 saturated carbocycles. The molecule has 0 aliphatic carbocycles. The van der Waals surface area contributed by atoms with Crippen molar-refractivity contribution in [2.24, 2.45) is 0 Å². The molecular weight excluding hydrogens is 311 g/mol. The average Bonchev–Trinajstić information content (AvgIpc) is 2.40. The lowest BCUT2D eigenvalue weighted by atomic mass is 10.1. The summed E-state index contributed by atoms with van der Waals surface area (Å²) in [5.74, 6) is -0.411. The molecule has 2 rings (SSSR count). The van der Waals surface area contributed by atoms with Gasteiger partial charge >= 0.3 is 0 Å². The number of halogens is 1. The highest BCUT2D eigenvalue weighted by Crippen LogP contribution is 2.31. The quantitative estimate of drug-likeness (QED) is 0.935. The Morgan fingerprint density at radius 2 is 1.76 bits per heavy atom. The summed E-state index contributed by atoms with van der Waals surface area (Å²) in [7, 11) is -3.23. The smallest absolute Gasteiger partial charge is 0.175 e. The predicted octanol–water partition coefficient (Wildman–Crippen LogP) is 3.43. The van der Waals surface area contributed by atoms with Crippen molar-refractivity contribution in [3.63, 3.8) is 0 Å². The number of rotatable bonds is 4. The number of hydrogen-bond donors (Lipinski definition) is 1. The standard InChI is InChI=1S/C15H15FO3S2/c1-10(17)11-3-8-15(14(16)9-11)20-12-4-6-13(7-5-12)21(2,18)19/h3-10,17H,1-2H3/t10-/m0/s1. The molecule has 0 heterocycles. The van der Waals surface area contributed by atoms with Crippen LogP contribution in [-0.4, -0.2) is 19.8 Å². The van der Waals surface area contributed by atoms with Crippen LogP contribution in [0.1, 0.15) is 18.6 Å². The molecule has 0 fully saturated rings. The maximum absolute atomic E-state index is 13.9. The molecule has 0 saturated heterocycles. The molecule has 0 aliphatic rings. The largest absolute Gasteiger partial charge is 0.389 e. The normalized spacial score (nSPS) is 13.1. The van der Waals surface area contributed by atoms with Crippen LogP contribution in [0.15, 0.2) is 57.2 Å². The predicted molar refractivity (Wildman–Crippen MR) is 80.7 cm³/mol. The molecule has 1 N–H and O–H groups in total. The summed E-state index contributed by atoms with van der Waals surface area (Å²) in [6.07, 6.45) is 0.427. The van der Waals surface area contributed by atoms with E-state index in [0.29, 0.717) is 10.5 Å². The minimum absolute atomic E-state index is 0.233. The Hall–Kier alpha value is -1.37. The topological polar surface area (TPSA) is 54.4 Å². The maximum atomic E-state index is 13.9. The molecule has 3 nitrogen and oxygen atoms in total. The summed E-state index contributed by atoms with van der Waals surface area (Å²) in [4.78, 5) is 1.40. The van der Waals surface area contributed by atoms with Crippen molar-refractivity contribution in [1.82, 2.24) is 0 Å². The summed E-state index contributed by atoms with van der Waals surface area (Å²) in [5, 5.41) is 9.41. The zero-order valence-electron chi connectivity index (χ0n) is 11.6. The molecule has 0 unspecified atom stereocenters. The molecule has 6 heteroatoms. The molecule has 21 heavy (non-hydrogen) atoms.